The summed E-state index contributed by atoms with van der Waals surface area (Å²) in [6.07, 6.45) is -0.393. The molecule has 0 fully saturated rings. The third-order valence-corrected chi connectivity index (χ3v) is 3.38. The Balaban J connectivity index is 2.61. The van der Waals surface area contributed by atoms with E-state index in [9.17, 15) is 4.79 Å². The van der Waals surface area contributed by atoms with Gasteiger partial charge < -0.3 is 14.8 Å². The van der Waals surface area contributed by atoms with Crippen LogP contribution in [0, 0.1) is 0 Å². The monoisotopic (exact) mass is 280 g/mol. The fourth-order valence-corrected chi connectivity index (χ4v) is 2.11. The number of amides is 1. The first-order valence-corrected chi connectivity index (χ1v) is 6.82. The topological polar surface area (TPSA) is 50.8 Å². The van der Waals surface area contributed by atoms with Crippen molar-refractivity contribution in [3.05, 3.63) is 29.8 Å². The van der Waals surface area contributed by atoms with Crippen LogP contribution in [0.25, 0.3) is 0 Å². The highest BCUT2D eigenvalue weighted by Crippen LogP contribution is 2.23. The van der Waals surface area contributed by atoms with Gasteiger partial charge in [-0.15, -0.1) is 0 Å². The van der Waals surface area contributed by atoms with Crippen molar-refractivity contribution >= 4 is 6.09 Å². The van der Waals surface area contributed by atoms with Gasteiger partial charge in [-0.05, 0) is 31.2 Å². The quantitative estimate of drug-likeness (QED) is 0.833. The van der Waals surface area contributed by atoms with Crippen molar-refractivity contribution in [2.75, 3.05) is 33.9 Å². The Labute approximate surface area is 120 Å². The minimum absolute atomic E-state index is 0.259. The molecule has 0 aliphatic carbocycles. The Bertz CT molecular complexity index is 423. The Hall–Kier alpha value is -1.75. The van der Waals surface area contributed by atoms with Gasteiger partial charge >= 0.3 is 6.09 Å². The van der Waals surface area contributed by atoms with E-state index in [4.69, 9.17) is 4.74 Å². The van der Waals surface area contributed by atoms with Crippen LogP contribution < -0.4 is 10.1 Å². The summed E-state index contributed by atoms with van der Waals surface area (Å²) in [5, 5.41) is 2.70. The van der Waals surface area contributed by atoms with E-state index < -0.39 is 6.09 Å². The lowest BCUT2D eigenvalue weighted by Gasteiger charge is -2.28. The molecule has 0 aliphatic rings. The largest absolute Gasteiger partial charge is 0.497 e. The molecular formula is C15H24N2O3. The van der Waals surface area contributed by atoms with Gasteiger partial charge in [0.25, 0.3) is 0 Å². The molecule has 0 radical (unpaired) electrons. The summed E-state index contributed by atoms with van der Waals surface area (Å²) in [6, 6.07) is 8.32. The first-order valence-electron chi connectivity index (χ1n) is 6.82. The molecule has 1 rings (SSSR count). The molecule has 112 valence electrons. The number of hydrogen-bond donors (Lipinski definition) is 1. The molecule has 5 nitrogen and oxygen atoms in total. The standard InChI is InChI=1S/C15H24N2O3/c1-5-17(10-9-16-15(18)20-4)12(2)13-7-6-8-14(11-13)19-3/h6-8,11-12H,5,9-10H2,1-4H3,(H,16,18). The smallest absolute Gasteiger partial charge is 0.406 e. The lowest BCUT2D eigenvalue weighted by atomic mass is 10.1. The molecule has 0 bridgehead atoms. The van der Waals surface area contributed by atoms with Crippen LogP contribution in [0.5, 0.6) is 5.75 Å². The number of hydrogen-bond acceptors (Lipinski definition) is 4. The third kappa shape index (κ3) is 4.74. The number of benzene rings is 1. The highest BCUT2D eigenvalue weighted by molar-refractivity contribution is 5.66. The van der Waals surface area contributed by atoms with Gasteiger partial charge in [-0.1, -0.05) is 19.1 Å². The molecule has 0 saturated heterocycles. The second kappa shape index (κ2) is 8.43. The Morgan fingerprint density at radius 1 is 1.40 bits per heavy atom. The molecule has 20 heavy (non-hydrogen) atoms. The van der Waals surface area contributed by atoms with Gasteiger partial charge in [0.05, 0.1) is 14.2 Å². The van der Waals surface area contributed by atoms with Crippen molar-refractivity contribution < 1.29 is 14.3 Å². The highest BCUT2D eigenvalue weighted by Gasteiger charge is 2.14. The SMILES string of the molecule is CCN(CCNC(=O)OC)C(C)c1cccc(OC)c1. The van der Waals surface area contributed by atoms with Crippen LogP contribution in [0.4, 0.5) is 4.79 Å². The Kier molecular flexibility index (Phi) is 6.87. The zero-order valence-electron chi connectivity index (χ0n) is 12.7. The van der Waals surface area contributed by atoms with Crippen LogP contribution in [-0.2, 0) is 4.74 Å². The van der Waals surface area contributed by atoms with Crippen LogP contribution in [-0.4, -0.2) is 44.8 Å². The van der Waals surface area contributed by atoms with Gasteiger partial charge in [0.15, 0.2) is 0 Å². The molecule has 0 aliphatic heterocycles. The molecule has 1 atom stereocenters. The van der Waals surface area contributed by atoms with Gasteiger partial charge in [-0.3, -0.25) is 4.90 Å². The molecule has 1 amide bonds. The lowest BCUT2D eigenvalue weighted by molar-refractivity contribution is 0.165. The molecular weight excluding hydrogens is 256 g/mol. The van der Waals surface area contributed by atoms with Gasteiger partial charge in [-0.25, -0.2) is 4.79 Å². The predicted octanol–water partition coefficient (Wildman–Crippen LogP) is 2.43. The van der Waals surface area contributed by atoms with E-state index in [-0.39, 0.29) is 6.04 Å². The van der Waals surface area contributed by atoms with Crippen LogP contribution >= 0.6 is 0 Å². The summed E-state index contributed by atoms with van der Waals surface area (Å²) in [5.74, 6) is 0.859. The third-order valence-electron chi connectivity index (χ3n) is 3.38. The fraction of sp³-hybridized carbons (Fsp3) is 0.533. The van der Waals surface area contributed by atoms with Crippen molar-refractivity contribution in [1.29, 1.82) is 0 Å². The summed E-state index contributed by atoms with van der Waals surface area (Å²) in [7, 11) is 3.04. The minimum atomic E-state index is -0.393. The fourth-order valence-electron chi connectivity index (χ4n) is 2.11. The number of rotatable bonds is 7. The molecule has 1 N–H and O–H groups in total. The second-order valence-electron chi connectivity index (χ2n) is 4.50. The Morgan fingerprint density at radius 2 is 2.15 bits per heavy atom. The van der Waals surface area contributed by atoms with E-state index in [2.05, 4.69) is 34.9 Å². The number of alkyl carbamates (subject to hydrolysis) is 1. The molecule has 0 spiro atoms. The number of likely N-dealkylation sites (N-methyl/N-ethyl adjacent to an activating group) is 1. The molecule has 0 aromatic heterocycles. The predicted molar refractivity (Wildman–Crippen MR) is 79.1 cm³/mol. The maximum Gasteiger partial charge on any atom is 0.406 e. The van der Waals surface area contributed by atoms with Gasteiger partial charge in [0.1, 0.15) is 5.75 Å². The van der Waals surface area contributed by atoms with Crippen molar-refractivity contribution in [2.24, 2.45) is 0 Å². The minimum Gasteiger partial charge on any atom is -0.497 e. The zero-order valence-corrected chi connectivity index (χ0v) is 12.7. The van der Waals surface area contributed by atoms with E-state index in [0.29, 0.717) is 6.54 Å². The van der Waals surface area contributed by atoms with Crippen LogP contribution in [0.3, 0.4) is 0 Å². The number of methoxy groups -OCH3 is 2. The van der Waals surface area contributed by atoms with E-state index in [1.165, 1.54) is 12.7 Å². The van der Waals surface area contributed by atoms with Crippen molar-refractivity contribution in [1.82, 2.24) is 10.2 Å². The average molecular weight is 280 g/mol. The average Bonchev–Trinajstić information content (AvgIpc) is 2.50. The summed E-state index contributed by atoms with van der Waals surface area (Å²) in [6.45, 7) is 6.49. The number of ether oxygens (including phenoxy) is 2. The van der Waals surface area contributed by atoms with Crippen molar-refractivity contribution in [3.63, 3.8) is 0 Å². The number of nitrogens with zero attached hydrogens (tertiary/aromatic N) is 1. The van der Waals surface area contributed by atoms with E-state index in [1.54, 1.807) is 7.11 Å². The van der Waals surface area contributed by atoms with Crippen molar-refractivity contribution in [2.45, 2.75) is 19.9 Å². The first-order chi connectivity index (χ1) is 9.62. The summed E-state index contributed by atoms with van der Waals surface area (Å²) in [4.78, 5) is 13.3. The molecule has 0 saturated carbocycles. The molecule has 1 unspecified atom stereocenters. The van der Waals surface area contributed by atoms with Crippen molar-refractivity contribution in [3.8, 4) is 5.75 Å². The normalized spacial score (nSPS) is 12.1. The molecule has 1 aromatic rings. The molecule has 0 heterocycles. The number of carbonyl (C=O) groups excluding carboxylic acids is 1. The maximum absolute atomic E-state index is 11.0. The van der Waals surface area contributed by atoms with Crippen LogP contribution in [0.2, 0.25) is 0 Å². The van der Waals surface area contributed by atoms with E-state index in [0.717, 1.165) is 18.8 Å². The van der Waals surface area contributed by atoms with E-state index in [1.807, 2.05) is 18.2 Å². The maximum atomic E-state index is 11.0. The lowest BCUT2D eigenvalue weighted by Crippen LogP contribution is -2.36. The summed E-state index contributed by atoms with van der Waals surface area (Å²) >= 11 is 0. The van der Waals surface area contributed by atoms with Gasteiger partial charge in [0, 0.05) is 19.1 Å². The summed E-state index contributed by atoms with van der Waals surface area (Å²) in [5.41, 5.74) is 1.20. The first kappa shape index (κ1) is 16.3. The number of nitrogens with one attached hydrogen (secondary N) is 1. The summed E-state index contributed by atoms with van der Waals surface area (Å²) < 4.78 is 9.81. The van der Waals surface area contributed by atoms with E-state index >= 15 is 0 Å². The molecule has 5 heteroatoms. The molecule has 1 aromatic carbocycles. The highest BCUT2D eigenvalue weighted by atomic mass is 16.5. The number of carbonyl (C=O) groups is 1. The van der Waals surface area contributed by atoms with Gasteiger partial charge in [-0.2, -0.15) is 0 Å². The second-order valence-corrected chi connectivity index (χ2v) is 4.50. The zero-order chi connectivity index (χ0) is 15.0. The van der Waals surface area contributed by atoms with Crippen LogP contribution in [0.1, 0.15) is 25.5 Å². The van der Waals surface area contributed by atoms with Crippen LogP contribution in [0.15, 0.2) is 24.3 Å². The van der Waals surface area contributed by atoms with Gasteiger partial charge in [0.2, 0.25) is 0 Å². The Morgan fingerprint density at radius 3 is 2.75 bits per heavy atom.